The summed E-state index contributed by atoms with van der Waals surface area (Å²) in [5, 5.41) is 3.70. The van der Waals surface area contributed by atoms with Crippen molar-refractivity contribution in [3.05, 3.63) is 12.3 Å². The Hall–Kier alpha value is -0.460. The van der Waals surface area contributed by atoms with Crippen molar-refractivity contribution in [1.29, 1.82) is 0 Å². The van der Waals surface area contributed by atoms with Gasteiger partial charge in [-0.1, -0.05) is 87.1 Å². The molecule has 142 valence electrons. The molecule has 0 spiro atoms. The molecule has 2 unspecified atom stereocenters. The van der Waals surface area contributed by atoms with E-state index < -0.39 is 0 Å². The molecular weight excluding hydrogens is 290 g/mol. The summed E-state index contributed by atoms with van der Waals surface area (Å²) in [5.74, 6) is 2.36. The molecule has 24 heavy (non-hydrogen) atoms. The van der Waals surface area contributed by atoms with Gasteiger partial charge in [0, 0.05) is 18.2 Å². The smallest absolute Gasteiger partial charge is 0.0146 e. The minimum Gasteiger partial charge on any atom is -0.389 e. The van der Waals surface area contributed by atoms with Crippen molar-refractivity contribution in [1.82, 2.24) is 5.32 Å². The Bertz CT molecular complexity index is 377. The van der Waals surface area contributed by atoms with Crippen LogP contribution in [0, 0.1) is 28.6 Å². The second-order valence-corrected chi connectivity index (χ2v) is 10.3. The molecule has 0 aromatic heterocycles. The summed E-state index contributed by atoms with van der Waals surface area (Å²) >= 11 is 0. The van der Waals surface area contributed by atoms with Gasteiger partial charge in [-0.05, 0) is 41.9 Å². The van der Waals surface area contributed by atoms with Crippen molar-refractivity contribution in [3.63, 3.8) is 0 Å². The van der Waals surface area contributed by atoms with Crippen LogP contribution in [0.2, 0.25) is 0 Å². The first-order chi connectivity index (χ1) is 11.1. The predicted molar refractivity (Wildman–Crippen MR) is 109 cm³/mol. The number of rotatable bonds is 11. The molecule has 1 saturated carbocycles. The van der Waals surface area contributed by atoms with Crippen LogP contribution in [0.4, 0.5) is 0 Å². The van der Waals surface area contributed by atoms with Crippen LogP contribution in [0.25, 0.3) is 0 Å². The van der Waals surface area contributed by atoms with Crippen molar-refractivity contribution in [2.24, 2.45) is 28.6 Å². The summed E-state index contributed by atoms with van der Waals surface area (Å²) in [6.07, 6.45) is 10.8. The van der Waals surface area contributed by atoms with Crippen LogP contribution in [0.1, 0.15) is 99.8 Å². The van der Waals surface area contributed by atoms with Gasteiger partial charge in [0.15, 0.2) is 0 Å². The van der Waals surface area contributed by atoms with Crippen molar-refractivity contribution >= 4 is 0 Å². The topological polar surface area (TPSA) is 12.0 Å². The Morgan fingerprint density at radius 2 is 1.71 bits per heavy atom. The normalized spacial score (nSPS) is 23.4. The fourth-order valence-corrected chi connectivity index (χ4v) is 4.95. The van der Waals surface area contributed by atoms with Gasteiger partial charge in [-0.15, -0.1) is 0 Å². The van der Waals surface area contributed by atoms with Crippen molar-refractivity contribution in [3.8, 4) is 0 Å². The maximum Gasteiger partial charge on any atom is 0.0146 e. The van der Waals surface area contributed by atoms with Gasteiger partial charge < -0.3 is 5.32 Å². The fraction of sp³-hybridized carbons (Fsp3) is 0.913. The zero-order valence-corrected chi connectivity index (χ0v) is 17.8. The minimum absolute atomic E-state index is 0.384. The third-order valence-electron chi connectivity index (χ3n) is 6.18. The largest absolute Gasteiger partial charge is 0.389 e. The number of allylic oxidation sites excluding steroid dienone is 1. The zero-order chi connectivity index (χ0) is 18.4. The van der Waals surface area contributed by atoms with E-state index in [0.29, 0.717) is 16.7 Å². The van der Waals surface area contributed by atoms with Gasteiger partial charge in [0.05, 0.1) is 0 Å². The molecule has 1 aliphatic rings. The van der Waals surface area contributed by atoms with E-state index in [4.69, 9.17) is 0 Å². The zero-order valence-electron chi connectivity index (χ0n) is 17.8. The summed E-state index contributed by atoms with van der Waals surface area (Å²) in [6.45, 7) is 22.2. The molecule has 1 fully saturated rings. The molecule has 0 aromatic carbocycles. The van der Waals surface area contributed by atoms with Crippen LogP contribution < -0.4 is 5.32 Å². The Labute approximate surface area is 153 Å². The Kier molecular flexibility index (Phi) is 8.36. The van der Waals surface area contributed by atoms with Crippen LogP contribution in [0.5, 0.6) is 0 Å². The highest BCUT2D eigenvalue weighted by molar-refractivity contribution is 5.10. The quantitative estimate of drug-likeness (QED) is 0.394. The molecule has 2 atom stereocenters. The van der Waals surface area contributed by atoms with Gasteiger partial charge in [0.25, 0.3) is 0 Å². The lowest BCUT2D eigenvalue weighted by molar-refractivity contribution is 0.270. The van der Waals surface area contributed by atoms with Crippen molar-refractivity contribution in [2.75, 3.05) is 6.54 Å². The molecule has 0 amide bonds. The maximum absolute atomic E-state index is 4.40. The van der Waals surface area contributed by atoms with Gasteiger partial charge in [0.1, 0.15) is 0 Å². The van der Waals surface area contributed by atoms with E-state index in [1.54, 1.807) is 0 Å². The molecule has 1 heteroatoms. The first kappa shape index (κ1) is 21.6. The number of hydrogen-bond donors (Lipinski definition) is 1. The lowest BCUT2D eigenvalue weighted by Crippen LogP contribution is -2.28. The summed E-state index contributed by atoms with van der Waals surface area (Å²) < 4.78 is 0. The van der Waals surface area contributed by atoms with E-state index in [-0.39, 0.29) is 0 Å². The average Bonchev–Trinajstić information content (AvgIpc) is 2.68. The van der Waals surface area contributed by atoms with E-state index in [9.17, 15) is 0 Å². The van der Waals surface area contributed by atoms with Crippen molar-refractivity contribution in [2.45, 2.75) is 99.8 Å². The third-order valence-corrected chi connectivity index (χ3v) is 6.18. The van der Waals surface area contributed by atoms with E-state index >= 15 is 0 Å². The fourth-order valence-electron chi connectivity index (χ4n) is 4.95. The van der Waals surface area contributed by atoms with E-state index in [1.165, 1.54) is 57.1 Å². The first-order valence-corrected chi connectivity index (χ1v) is 10.5. The first-order valence-electron chi connectivity index (χ1n) is 10.5. The monoisotopic (exact) mass is 335 g/mol. The average molecular weight is 336 g/mol. The summed E-state index contributed by atoms with van der Waals surface area (Å²) in [7, 11) is 0. The van der Waals surface area contributed by atoms with Gasteiger partial charge in [-0.2, -0.15) is 0 Å². The highest BCUT2D eigenvalue weighted by Gasteiger charge is 2.45. The molecule has 0 radical (unpaired) electrons. The third kappa shape index (κ3) is 7.19. The highest BCUT2D eigenvalue weighted by atomic mass is 14.9. The molecule has 0 heterocycles. The summed E-state index contributed by atoms with van der Waals surface area (Å²) in [5.41, 5.74) is 2.13. The molecular formula is C23H45N. The van der Waals surface area contributed by atoms with Gasteiger partial charge in [0.2, 0.25) is 0 Å². The summed E-state index contributed by atoms with van der Waals surface area (Å²) in [6, 6.07) is 0. The second-order valence-electron chi connectivity index (χ2n) is 10.3. The molecule has 0 aromatic rings. The van der Waals surface area contributed by atoms with Gasteiger partial charge in [-0.25, -0.2) is 0 Å². The van der Waals surface area contributed by atoms with E-state index in [0.717, 1.165) is 18.4 Å². The standard InChI is InChI=1S/C23H45N/c1-9-20(13-11-10-12-18(2)3)14-15-24-19(4)21-16-22(5,6)17-23(21,7)8/h18,20-21,24H,4,9-17H2,1-3,5-8H3. The highest BCUT2D eigenvalue weighted by Crippen LogP contribution is 2.54. The molecule has 1 aliphatic carbocycles. The minimum atomic E-state index is 0.384. The van der Waals surface area contributed by atoms with Crippen LogP contribution in [0.3, 0.4) is 0 Å². The predicted octanol–water partition coefficient (Wildman–Crippen LogP) is 7.18. The molecule has 0 aliphatic heterocycles. The van der Waals surface area contributed by atoms with Crippen LogP contribution in [-0.2, 0) is 0 Å². The summed E-state index contributed by atoms with van der Waals surface area (Å²) in [4.78, 5) is 0. The van der Waals surface area contributed by atoms with Crippen LogP contribution in [-0.4, -0.2) is 6.54 Å². The molecule has 0 bridgehead atoms. The molecule has 0 saturated heterocycles. The van der Waals surface area contributed by atoms with Gasteiger partial charge in [-0.3, -0.25) is 0 Å². The van der Waals surface area contributed by atoms with Crippen LogP contribution in [0.15, 0.2) is 12.3 Å². The SMILES string of the molecule is C=C(NCCC(CC)CCCCC(C)C)C1CC(C)(C)CC1(C)C. The second kappa shape index (κ2) is 9.30. The Morgan fingerprint density at radius 1 is 1.08 bits per heavy atom. The van der Waals surface area contributed by atoms with Gasteiger partial charge >= 0.3 is 0 Å². The molecule has 1 rings (SSSR count). The van der Waals surface area contributed by atoms with Crippen LogP contribution >= 0.6 is 0 Å². The number of hydrogen-bond acceptors (Lipinski definition) is 1. The van der Waals surface area contributed by atoms with E-state index in [1.807, 2.05) is 0 Å². The Morgan fingerprint density at radius 3 is 2.21 bits per heavy atom. The van der Waals surface area contributed by atoms with Crippen molar-refractivity contribution < 1.29 is 0 Å². The number of unbranched alkanes of at least 4 members (excludes halogenated alkanes) is 1. The maximum atomic E-state index is 4.40. The van der Waals surface area contributed by atoms with E-state index in [2.05, 4.69) is 60.4 Å². The molecule has 1 N–H and O–H groups in total. The Balaban J connectivity index is 2.31. The molecule has 1 nitrogen and oxygen atoms in total. The lowest BCUT2D eigenvalue weighted by atomic mass is 9.79. The lowest BCUT2D eigenvalue weighted by Gasteiger charge is -2.29. The number of nitrogens with one attached hydrogen (secondary N) is 1.